The van der Waals surface area contributed by atoms with Gasteiger partial charge in [0, 0.05) is 15.0 Å². The summed E-state index contributed by atoms with van der Waals surface area (Å²) in [5.74, 6) is 0.200. The van der Waals surface area contributed by atoms with Crippen LogP contribution in [0.4, 0.5) is 10.7 Å². The lowest BCUT2D eigenvalue weighted by Gasteiger charge is -2.16. The average molecular weight is 490 g/mol. The first-order valence-corrected chi connectivity index (χ1v) is 10.3. The molecule has 1 aromatic carbocycles. The molecule has 2 N–H and O–H groups in total. The number of nitrogens with one attached hydrogen (secondary N) is 2. The highest BCUT2D eigenvalue weighted by Gasteiger charge is 2.26. The molecular weight excluding hydrogens is 471 g/mol. The first kappa shape index (κ1) is 20.4. The predicted molar refractivity (Wildman–Crippen MR) is 106 cm³/mol. The molecule has 0 aliphatic carbocycles. The molecule has 8 nitrogen and oxygen atoms in total. The van der Waals surface area contributed by atoms with Crippen LogP contribution in [-0.2, 0) is 10.0 Å². The molecule has 140 valence electrons. The van der Waals surface area contributed by atoms with Crippen LogP contribution >= 0.6 is 22.6 Å². The molecule has 0 spiro atoms. The molecule has 0 radical (unpaired) electrons. The third-order valence-corrected chi connectivity index (χ3v) is 5.67. The van der Waals surface area contributed by atoms with E-state index in [0.717, 1.165) is 0 Å². The monoisotopic (exact) mass is 490 g/mol. The number of benzene rings is 1. The van der Waals surface area contributed by atoms with Gasteiger partial charge in [0.05, 0.1) is 6.10 Å². The second kappa shape index (κ2) is 8.16. The molecule has 0 aliphatic rings. The van der Waals surface area contributed by atoms with Crippen LogP contribution in [-0.4, -0.2) is 30.5 Å². The normalized spacial score (nSPS) is 11.3. The molecule has 2 aromatic rings. The van der Waals surface area contributed by atoms with Crippen LogP contribution in [0, 0.1) is 17.4 Å². The van der Waals surface area contributed by atoms with Crippen molar-refractivity contribution in [2.45, 2.75) is 38.7 Å². The summed E-state index contributed by atoms with van der Waals surface area (Å²) >= 11 is 1.88. The lowest BCUT2D eigenvalue weighted by molar-refractivity contribution is 0.235. The van der Waals surface area contributed by atoms with Gasteiger partial charge in [-0.05, 0) is 68.5 Å². The third-order valence-electron chi connectivity index (χ3n) is 3.00. The molecule has 26 heavy (non-hydrogen) atoms. The SMILES string of the molecule is Cc1cc(C)nc(NC(=O)NS(=O)(=O)c2c(I)cccc2OC(C)C)n1. The van der Waals surface area contributed by atoms with Gasteiger partial charge >= 0.3 is 6.03 Å². The number of rotatable bonds is 5. The number of hydrogen-bond acceptors (Lipinski definition) is 6. The van der Waals surface area contributed by atoms with E-state index in [1.54, 1.807) is 52.0 Å². The number of aromatic nitrogens is 2. The zero-order chi connectivity index (χ0) is 19.5. The number of hydrogen-bond donors (Lipinski definition) is 2. The van der Waals surface area contributed by atoms with Crippen molar-refractivity contribution in [2.24, 2.45) is 0 Å². The van der Waals surface area contributed by atoms with Crippen LogP contribution in [0.15, 0.2) is 29.2 Å². The lowest BCUT2D eigenvalue weighted by atomic mass is 10.3. The van der Waals surface area contributed by atoms with E-state index in [0.29, 0.717) is 15.0 Å². The molecule has 0 fully saturated rings. The van der Waals surface area contributed by atoms with Gasteiger partial charge in [-0.3, -0.25) is 5.32 Å². The van der Waals surface area contributed by atoms with Gasteiger partial charge in [0.25, 0.3) is 10.0 Å². The Hall–Kier alpha value is -1.95. The molecular formula is C16H19IN4O4S. The smallest absolute Gasteiger partial charge is 0.335 e. The summed E-state index contributed by atoms with van der Waals surface area (Å²) in [4.78, 5) is 20.1. The molecule has 2 rings (SSSR count). The quantitative estimate of drug-likeness (QED) is 0.624. The van der Waals surface area contributed by atoms with E-state index < -0.39 is 16.1 Å². The maximum absolute atomic E-state index is 12.7. The second-order valence-electron chi connectivity index (χ2n) is 5.77. The van der Waals surface area contributed by atoms with Crippen molar-refractivity contribution in [3.8, 4) is 5.75 Å². The first-order chi connectivity index (χ1) is 12.1. The summed E-state index contributed by atoms with van der Waals surface area (Å²) in [5.41, 5.74) is 1.31. The summed E-state index contributed by atoms with van der Waals surface area (Å²) in [6.45, 7) is 7.06. The minimum Gasteiger partial charge on any atom is -0.490 e. The number of sulfonamides is 1. The van der Waals surface area contributed by atoms with Crippen molar-refractivity contribution in [1.29, 1.82) is 0 Å². The van der Waals surface area contributed by atoms with Crippen molar-refractivity contribution < 1.29 is 17.9 Å². The lowest BCUT2D eigenvalue weighted by Crippen LogP contribution is -2.35. The van der Waals surface area contributed by atoms with Crippen LogP contribution in [0.2, 0.25) is 0 Å². The molecule has 10 heteroatoms. The Balaban J connectivity index is 2.27. The summed E-state index contributed by atoms with van der Waals surface area (Å²) in [6.07, 6.45) is -0.223. The molecule has 2 amide bonds. The minimum atomic E-state index is -4.16. The van der Waals surface area contributed by atoms with Gasteiger partial charge < -0.3 is 4.74 Å². The maximum Gasteiger partial charge on any atom is 0.335 e. The topological polar surface area (TPSA) is 110 Å². The molecule has 1 aromatic heterocycles. The van der Waals surface area contributed by atoms with Gasteiger partial charge in [-0.1, -0.05) is 6.07 Å². The van der Waals surface area contributed by atoms with Crippen molar-refractivity contribution in [3.05, 3.63) is 39.2 Å². The zero-order valence-electron chi connectivity index (χ0n) is 14.7. The predicted octanol–water partition coefficient (Wildman–Crippen LogP) is 3.00. The Morgan fingerprint density at radius 3 is 2.38 bits per heavy atom. The molecule has 0 bridgehead atoms. The molecule has 0 atom stereocenters. The van der Waals surface area contributed by atoms with Crippen molar-refractivity contribution in [1.82, 2.24) is 14.7 Å². The number of halogens is 1. The highest BCUT2D eigenvalue weighted by molar-refractivity contribution is 14.1. The highest BCUT2D eigenvalue weighted by Crippen LogP contribution is 2.29. The fraction of sp³-hybridized carbons (Fsp3) is 0.312. The van der Waals surface area contributed by atoms with Gasteiger partial charge in [-0.2, -0.15) is 0 Å². The minimum absolute atomic E-state index is 0.0246. The molecule has 0 saturated carbocycles. The van der Waals surface area contributed by atoms with Gasteiger partial charge in [0.15, 0.2) is 0 Å². The Bertz CT molecular complexity index is 912. The maximum atomic E-state index is 12.7. The van der Waals surface area contributed by atoms with Crippen LogP contribution in [0.5, 0.6) is 5.75 Å². The first-order valence-electron chi connectivity index (χ1n) is 7.70. The van der Waals surface area contributed by atoms with Crippen molar-refractivity contribution >= 4 is 44.6 Å². The summed E-state index contributed by atoms with van der Waals surface area (Å²) < 4.78 is 33.4. The summed E-state index contributed by atoms with van der Waals surface area (Å²) in [5, 5.41) is 2.33. The third kappa shape index (κ3) is 5.27. The fourth-order valence-corrected chi connectivity index (χ4v) is 4.62. The van der Waals surface area contributed by atoms with Crippen LogP contribution < -0.4 is 14.8 Å². The summed E-state index contributed by atoms with van der Waals surface area (Å²) in [6, 6.07) is 5.63. The van der Waals surface area contributed by atoms with Crippen LogP contribution in [0.3, 0.4) is 0 Å². The van der Waals surface area contributed by atoms with Gasteiger partial charge in [0.2, 0.25) is 5.95 Å². The Labute approximate surface area is 166 Å². The van der Waals surface area contributed by atoms with Gasteiger partial charge in [-0.15, -0.1) is 0 Å². The number of anilines is 1. The number of urea groups is 1. The average Bonchev–Trinajstić information content (AvgIpc) is 2.43. The molecule has 0 aliphatic heterocycles. The number of carbonyl (C=O) groups excluding carboxylic acids is 1. The second-order valence-corrected chi connectivity index (χ2v) is 8.55. The number of ether oxygens (including phenoxy) is 1. The van der Waals surface area contributed by atoms with Crippen LogP contribution in [0.1, 0.15) is 25.2 Å². The van der Waals surface area contributed by atoms with Crippen LogP contribution in [0.25, 0.3) is 0 Å². The zero-order valence-corrected chi connectivity index (χ0v) is 17.7. The van der Waals surface area contributed by atoms with E-state index >= 15 is 0 Å². The standard InChI is InChI=1S/C16H19IN4O4S/c1-9(2)25-13-7-5-6-12(17)14(13)26(23,24)21-16(22)20-15-18-10(3)8-11(4)19-15/h5-9H,1-4H3,(H2,18,19,20,21,22). The number of aryl methyl sites for hydroxylation is 2. The van der Waals surface area contributed by atoms with E-state index in [1.807, 2.05) is 27.3 Å². The fourth-order valence-electron chi connectivity index (χ4n) is 2.18. The van der Waals surface area contributed by atoms with E-state index in [2.05, 4.69) is 15.3 Å². The number of amides is 2. The molecule has 0 unspecified atom stereocenters. The molecule has 0 saturated heterocycles. The summed E-state index contributed by atoms with van der Waals surface area (Å²) in [7, 11) is -4.16. The number of nitrogens with zero attached hydrogens (tertiary/aromatic N) is 2. The Kier molecular flexibility index (Phi) is 6.39. The van der Waals surface area contributed by atoms with E-state index in [4.69, 9.17) is 4.74 Å². The van der Waals surface area contributed by atoms with Crippen molar-refractivity contribution in [3.63, 3.8) is 0 Å². The van der Waals surface area contributed by atoms with E-state index in [9.17, 15) is 13.2 Å². The van der Waals surface area contributed by atoms with Gasteiger partial charge in [-0.25, -0.2) is 27.9 Å². The van der Waals surface area contributed by atoms with Crippen molar-refractivity contribution in [2.75, 3.05) is 5.32 Å². The van der Waals surface area contributed by atoms with E-state index in [-0.39, 0.29) is 22.7 Å². The number of carbonyl (C=O) groups is 1. The largest absolute Gasteiger partial charge is 0.490 e. The van der Waals surface area contributed by atoms with Gasteiger partial charge in [0.1, 0.15) is 10.6 Å². The van der Waals surface area contributed by atoms with E-state index in [1.165, 1.54) is 0 Å². The highest BCUT2D eigenvalue weighted by atomic mass is 127. The Morgan fingerprint density at radius 1 is 1.19 bits per heavy atom. The Morgan fingerprint density at radius 2 is 1.81 bits per heavy atom. The molecule has 1 heterocycles.